The SMILES string of the molecule is COCC(ONC(=O)[C@@H]1CC[C@H](NC(=O)OCC2c3ccccc3-c3ccccc32)C1)C(=O)O. The van der Waals surface area contributed by atoms with Crippen LogP contribution in [0.4, 0.5) is 4.79 Å². The number of carboxylic acid groups (broad SMARTS) is 1. The zero-order valence-corrected chi connectivity index (χ0v) is 18.9. The Morgan fingerprint density at radius 3 is 2.29 bits per heavy atom. The summed E-state index contributed by atoms with van der Waals surface area (Å²) >= 11 is 0. The summed E-state index contributed by atoms with van der Waals surface area (Å²) in [6, 6.07) is 16.0. The van der Waals surface area contributed by atoms with Gasteiger partial charge in [-0.15, -0.1) is 0 Å². The quantitative estimate of drug-likeness (QED) is 0.484. The topological polar surface area (TPSA) is 123 Å². The molecule has 0 heterocycles. The first-order valence-corrected chi connectivity index (χ1v) is 11.3. The summed E-state index contributed by atoms with van der Waals surface area (Å²) < 4.78 is 10.3. The van der Waals surface area contributed by atoms with Crippen LogP contribution in [0, 0.1) is 5.92 Å². The molecule has 0 aliphatic heterocycles. The summed E-state index contributed by atoms with van der Waals surface area (Å²) in [4.78, 5) is 40.8. The number of hydrogen-bond donors (Lipinski definition) is 3. The molecule has 2 aliphatic rings. The van der Waals surface area contributed by atoms with Gasteiger partial charge < -0.3 is 19.9 Å². The Balaban J connectivity index is 1.26. The molecule has 2 amide bonds. The van der Waals surface area contributed by atoms with Gasteiger partial charge in [0.25, 0.3) is 0 Å². The number of carboxylic acids is 1. The van der Waals surface area contributed by atoms with Gasteiger partial charge in [-0.1, -0.05) is 48.5 Å². The second-order valence-electron chi connectivity index (χ2n) is 8.54. The van der Waals surface area contributed by atoms with E-state index in [1.807, 2.05) is 24.3 Å². The molecule has 4 rings (SSSR count). The molecule has 3 atom stereocenters. The second-order valence-corrected chi connectivity index (χ2v) is 8.54. The van der Waals surface area contributed by atoms with Gasteiger partial charge >= 0.3 is 12.1 Å². The highest BCUT2D eigenvalue weighted by Gasteiger charge is 2.33. The molecule has 2 aromatic carbocycles. The number of nitrogens with one attached hydrogen (secondary N) is 2. The number of aliphatic carboxylic acids is 1. The van der Waals surface area contributed by atoms with Crippen LogP contribution < -0.4 is 10.8 Å². The van der Waals surface area contributed by atoms with E-state index in [9.17, 15) is 14.4 Å². The Bertz CT molecular complexity index is 1010. The van der Waals surface area contributed by atoms with Crippen LogP contribution in [0.15, 0.2) is 48.5 Å². The van der Waals surface area contributed by atoms with E-state index >= 15 is 0 Å². The van der Waals surface area contributed by atoms with Crippen molar-refractivity contribution in [3.05, 3.63) is 59.7 Å². The van der Waals surface area contributed by atoms with Crippen molar-refractivity contribution >= 4 is 18.0 Å². The summed E-state index contributed by atoms with van der Waals surface area (Å²) in [5.41, 5.74) is 6.81. The average molecular weight is 469 g/mol. The van der Waals surface area contributed by atoms with Crippen LogP contribution in [-0.4, -0.2) is 55.5 Å². The molecule has 0 saturated heterocycles. The lowest BCUT2D eigenvalue weighted by atomic mass is 9.98. The maximum absolute atomic E-state index is 12.5. The number of alkyl carbamates (subject to hydrolysis) is 1. The number of benzene rings is 2. The summed E-state index contributed by atoms with van der Waals surface area (Å²) in [5, 5.41) is 11.9. The van der Waals surface area contributed by atoms with Crippen LogP contribution in [0.2, 0.25) is 0 Å². The van der Waals surface area contributed by atoms with Crippen molar-refractivity contribution in [2.24, 2.45) is 5.92 Å². The Labute approximate surface area is 197 Å². The molecular weight excluding hydrogens is 440 g/mol. The standard InChI is InChI=1S/C25H28N2O7/c1-32-14-22(24(29)30)34-27-23(28)15-10-11-16(12-15)26-25(31)33-13-21-19-8-4-2-6-17(19)18-7-3-5-9-20(18)21/h2-9,15-16,21-22H,10-14H2,1H3,(H,26,31)(H,27,28)(H,29,30)/t15-,16+,22?/m1/s1. The third-order valence-corrected chi connectivity index (χ3v) is 6.36. The summed E-state index contributed by atoms with van der Waals surface area (Å²) in [7, 11) is 1.34. The molecule has 0 radical (unpaired) electrons. The average Bonchev–Trinajstić information content (AvgIpc) is 3.43. The number of carbonyl (C=O) groups is 3. The van der Waals surface area contributed by atoms with Gasteiger partial charge in [0.1, 0.15) is 6.61 Å². The van der Waals surface area contributed by atoms with Crippen molar-refractivity contribution < 1.29 is 33.8 Å². The highest BCUT2D eigenvalue weighted by atomic mass is 16.7. The number of hydrogen-bond acceptors (Lipinski definition) is 6. The van der Waals surface area contributed by atoms with Gasteiger partial charge in [-0.05, 0) is 41.5 Å². The molecular formula is C25H28N2O7. The predicted octanol–water partition coefficient (Wildman–Crippen LogP) is 2.84. The zero-order chi connectivity index (χ0) is 24.1. The van der Waals surface area contributed by atoms with Crippen molar-refractivity contribution in [1.29, 1.82) is 0 Å². The number of carbonyl (C=O) groups excluding carboxylic acids is 2. The molecule has 1 unspecified atom stereocenters. The third-order valence-electron chi connectivity index (χ3n) is 6.36. The van der Waals surface area contributed by atoms with Crippen LogP contribution in [0.5, 0.6) is 0 Å². The Morgan fingerprint density at radius 2 is 1.68 bits per heavy atom. The van der Waals surface area contributed by atoms with Gasteiger partial charge in [0.2, 0.25) is 12.0 Å². The maximum atomic E-state index is 12.5. The lowest BCUT2D eigenvalue weighted by molar-refractivity contribution is -0.166. The van der Waals surface area contributed by atoms with Crippen molar-refractivity contribution in [1.82, 2.24) is 10.8 Å². The first-order valence-electron chi connectivity index (χ1n) is 11.3. The molecule has 34 heavy (non-hydrogen) atoms. The predicted molar refractivity (Wildman–Crippen MR) is 122 cm³/mol. The Morgan fingerprint density at radius 1 is 1.03 bits per heavy atom. The van der Waals surface area contributed by atoms with Gasteiger partial charge in [0.05, 0.1) is 6.61 Å². The molecule has 0 bridgehead atoms. The highest BCUT2D eigenvalue weighted by Crippen LogP contribution is 2.44. The van der Waals surface area contributed by atoms with Gasteiger partial charge in [-0.3, -0.25) is 9.63 Å². The monoisotopic (exact) mass is 468 g/mol. The fourth-order valence-electron chi connectivity index (χ4n) is 4.68. The van der Waals surface area contributed by atoms with Crippen LogP contribution >= 0.6 is 0 Å². The molecule has 1 fully saturated rings. The summed E-state index contributed by atoms with van der Waals surface area (Å²) in [6.45, 7) is 0.0344. The first-order chi connectivity index (χ1) is 16.5. The molecule has 9 nitrogen and oxygen atoms in total. The van der Waals surface area contributed by atoms with E-state index in [1.54, 1.807) is 0 Å². The van der Waals surface area contributed by atoms with E-state index in [4.69, 9.17) is 19.4 Å². The number of methoxy groups -OCH3 is 1. The van der Waals surface area contributed by atoms with E-state index in [0.717, 1.165) is 22.3 Å². The van der Waals surface area contributed by atoms with Crippen LogP contribution in [0.1, 0.15) is 36.3 Å². The van der Waals surface area contributed by atoms with Gasteiger partial charge in [-0.2, -0.15) is 0 Å². The van der Waals surface area contributed by atoms with Crippen molar-refractivity contribution in [2.45, 2.75) is 37.3 Å². The Kier molecular flexibility index (Phi) is 7.44. The van der Waals surface area contributed by atoms with Crippen molar-refractivity contribution in [3.63, 3.8) is 0 Å². The normalized spacial score (nSPS) is 19.7. The van der Waals surface area contributed by atoms with E-state index < -0.39 is 30.0 Å². The first kappa shape index (κ1) is 23.7. The number of rotatable bonds is 9. The molecule has 0 aromatic heterocycles. The fraction of sp³-hybridized carbons (Fsp3) is 0.400. The van der Waals surface area contributed by atoms with Crippen LogP contribution in [-0.2, 0) is 23.9 Å². The minimum atomic E-state index is -1.29. The molecule has 180 valence electrons. The van der Waals surface area contributed by atoms with Crippen LogP contribution in [0.25, 0.3) is 11.1 Å². The molecule has 3 N–H and O–H groups in total. The molecule has 9 heteroatoms. The van der Waals surface area contributed by atoms with Crippen molar-refractivity contribution in [3.8, 4) is 11.1 Å². The molecule has 0 spiro atoms. The fourth-order valence-corrected chi connectivity index (χ4v) is 4.68. The molecule has 1 saturated carbocycles. The highest BCUT2D eigenvalue weighted by molar-refractivity contribution is 5.80. The van der Waals surface area contributed by atoms with E-state index in [1.165, 1.54) is 7.11 Å². The van der Waals surface area contributed by atoms with Crippen molar-refractivity contribution in [2.75, 3.05) is 20.3 Å². The van der Waals surface area contributed by atoms with E-state index in [2.05, 4.69) is 35.1 Å². The van der Waals surface area contributed by atoms with E-state index in [0.29, 0.717) is 19.3 Å². The largest absolute Gasteiger partial charge is 0.479 e. The van der Waals surface area contributed by atoms with E-state index in [-0.39, 0.29) is 25.2 Å². The van der Waals surface area contributed by atoms with Crippen LogP contribution in [0.3, 0.4) is 0 Å². The van der Waals surface area contributed by atoms with Gasteiger partial charge in [0.15, 0.2) is 0 Å². The summed E-state index contributed by atoms with van der Waals surface area (Å²) in [6.07, 6.45) is -0.226. The maximum Gasteiger partial charge on any atom is 0.407 e. The zero-order valence-electron chi connectivity index (χ0n) is 18.9. The minimum Gasteiger partial charge on any atom is -0.479 e. The molecule has 2 aromatic rings. The molecule has 2 aliphatic carbocycles. The minimum absolute atomic E-state index is 0.0216. The van der Waals surface area contributed by atoms with Gasteiger partial charge in [-0.25, -0.2) is 15.1 Å². The number of amides is 2. The summed E-state index contributed by atoms with van der Waals surface area (Å²) in [5.74, 6) is -2.06. The number of ether oxygens (including phenoxy) is 2. The number of fused-ring (bicyclic) bond motifs is 3. The Hall–Kier alpha value is -3.43. The lowest BCUT2D eigenvalue weighted by Crippen LogP contribution is -2.40. The third kappa shape index (κ3) is 5.21. The van der Waals surface area contributed by atoms with Gasteiger partial charge in [0, 0.05) is 25.0 Å². The smallest absolute Gasteiger partial charge is 0.407 e. The lowest BCUT2D eigenvalue weighted by Gasteiger charge is -2.17. The second kappa shape index (κ2) is 10.7. The number of hydroxylamine groups is 1.